The summed E-state index contributed by atoms with van der Waals surface area (Å²) in [5, 5.41) is 0. The Morgan fingerprint density at radius 2 is 2.14 bits per heavy atom. The molecule has 0 saturated carbocycles. The second-order valence-electron chi connectivity index (χ2n) is 4.24. The van der Waals surface area contributed by atoms with Crippen LogP contribution in [0, 0.1) is 5.92 Å². The molecule has 5 heteroatoms. The Morgan fingerprint density at radius 1 is 1.50 bits per heavy atom. The lowest BCUT2D eigenvalue weighted by molar-refractivity contribution is -0.0116. The van der Waals surface area contributed by atoms with E-state index in [-0.39, 0.29) is 6.10 Å². The molecule has 14 heavy (non-hydrogen) atoms. The fraction of sp³-hybridized carbons (Fsp3) is 1.00. The van der Waals surface area contributed by atoms with Crippen LogP contribution in [0.1, 0.15) is 20.3 Å². The highest BCUT2D eigenvalue weighted by Gasteiger charge is 2.26. The molecular weight excluding hydrogens is 202 g/mol. The molecule has 84 valence electrons. The van der Waals surface area contributed by atoms with Crippen molar-refractivity contribution in [1.82, 2.24) is 4.31 Å². The zero-order valence-corrected chi connectivity index (χ0v) is 9.88. The van der Waals surface area contributed by atoms with Crippen LogP contribution >= 0.6 is 0 Å². The van der Waals surface area contributed by atoms with Gasteiger partial charge in [0.05, 0.1) is 19.0 Å². The molecule has 0 aromatic heterocycles. The molecular formula is C9H19NO3S. The molecule has 1 rings (SSSR count). The third-order valence-electron chi connectivity index (χ3n) is 2.30. The predicted octanol–water partition coefficient (Wildman–Crippen LogP) is 0.693. The summed E-state index contributed by atoms with van der Waals surface area (Å²) in [4.78, 5) is 0. The van der Waals surface area contributed by atoms with E-state index >= 15 is 0 Å². The van der Waals surface area contributed by atoms with Gasteiger partial charge in [0, 0.05) is 13.1 Å². The lowest BCUT2D eigenvalue weighted by Crippen LogP contribution is -2.45. The van der Waals surface area contributed by atoms with Gasteiger partial charge in [0.15, 0.2) is 0 Å². The van der Waals surface area contributed by atoms with Crippen LogP contribution in [-0.2, 0) is 14.8 Å². The molecule has 0 amide bonds. The molecule has 1 atom stereocenters. The Hall–Kier alpha value is -0.130. The normalized spacial score (nSPS) is 25.6. The van der Waals surface area contributed by atoms with Gasteiger partial charge in [0.2, 0.25) is 10.0 Å². The maximum absolute atomic E-state index is 11.3. The highest BCUT2D eigenvalue weighted by Crippen LogP contribution is 2.15. The molecule has 0 aromatic carbocycles. The van der Waals surface area contributed by atoms with Crippen molar-refractivity contribution in [3.63, 3.8) is 0 Å². The van der Waals surface area contributed by atoms with Crippen LogP contribution in [0.2, 0.25) is 0 Å². The maximum Gasteiger partial charge on any atom is 0.211 e. The summed E-state index contributed by atoms with van der Waals surface area (Å²) < 4.78 is 29.6. The van der Waals surface area contributed by atoms with Crippen molar-refractivity contribution in [2.45, 2.75) is 26.4 Å². The van der Waals surface area contributed by atoms with Gasteiger partial charge in [-0.3, -0.25) is 0 Å². The minimum Gasteiger partial charge on any atom is -0.375 e. The van der Waals surface area contributed by atoms with E-state index in [0.717, 1.165) is 6.42 Å². The number of hydrogen-bond acceptors (Lipinski definition) is 3. The molecule has 1 aliphatic rings. The van der Waals surface area contributed by atoms with Gasteiger partial charge >= 0.3 is 0 Å². The van der Waals surface area contributed by atoms with E-state index in [1.807, 2.05) is 0 Å². The Balaban J connectivity index is 2.52. The first-order valence-corrected chi connectivity index (χ1v) is 6.81. The van der Waals surface area contributed by atoms with Gasteiger partial charge in [-0.15, -0.1) is 0 Å². The molecule has 1 aliphatic heterocycles. The van der Waals surface area contributed by atoms with Crippen LogP contribution in [0.15, 0.2) is 0 Å². The van der Waals surface area contributed by atoms with Gasteiger partial charge in [-0.1, -0.05) is 13.8 Å². The van der Waals surface area contributed by atoms with Gasteiger partial charge in [0.25, 0.3) is 0 Å². The third kappa shape index (κ3) is 3.55. The van der Waals surface area contributed by atoms with Crippen molar-refractivity contribution in [3.05, 3.63) is 0 Å². The molecule has 1 saturated heterocycles. The molecule has 1 unspecified atom stereocenters. The van der Waals surface area contributed by atoms with Gasteiger partial charge in [-0.25, -0.2) is 8.42 Å². The Kier molecular flexibility index (Phi) is 3.92. The Labute approximate surface area is 86.3 Å². The minimum atomic E-state index is -3.04. The van der Waals surface area contributed by atoms with E-state index in [9.17, 15) is 8.42 Å². The summed E-state index contributed by atoms with van der Waals surface area (Å²) in [6, 6.07) is 0. The Bertz CT molecular complexity index is 274. The lowest BCUT2D eigenvalue weighted by atomic mass is 10.1. The van der Waals surface area contributed by atoms with E-state index < -0.39 is 10.0 Å². The molecule has 0 bridgehead atoms. The van der Waals surface area contributed by atoms with Gasteiger partial charge in [-0.2, -0.15) is 4.31 Å². The first-order valence-electron chi connectivity index (χ1n) is 4.96. The van der Waals surface area contributed by atoms with E-state index in [0.29, 0.717) is 25.6 Å². The molecule has 0 N–H and O–H groups in total. The van der Waals surface area contributed by atoms with Crippen LogP contribution in [0.25, 0.3) is 0 Å². The van der Waals surface area contributed by atoms with Crippen molar-refractivity contribution in [1.29, 1.82) is 0 Å². The predicted molar refractivity (Wildman–Crippen MR) is 55.6 cm³/mol. The SMILES string of the molecule is CC(C)CC1CN(S(C)(=O)=O)CCO1. The first kappa shape index (κ1) is 11.9. The largest absolute Gasteiger partial charge is 0.375 e. The summed E-state index contributed by atoms with van der Waals surface area (Å²) in [7, 11) is -3.04. The molecule has 0 radical (unpaired) electrons. The molecule has 1 heterocycles. The second kappa shape index (κ2) is 4.59. The summed E-state index contributed by atoms with van der Waals surface area (Å²) in [5.41, 5.74) is 0. The highest BCUT2D eigenvalue weighted by molar-refractivity contribution is 7.88. The van der Waals surface area contributed by atoms with Crippen LogP contribution in [0.4, 0.5) is 0 Å². The lowest BCUT2D eigenvalue weighted by Gasteiger charge is -2.32. The number of hydrogen-bond donors (Lipinski definition) is 0. The molecule has 0 aromatic rings. The van der Waals surface area contributed by atoms with Crippen molar-refractivity contribution < 1.29 is 13.2 Å². The van der Waals surface area contributed by atoms with Gasteiger partial charge in [-0.05, 0) is 12.3 Å². The monoisotopic (exact) mass is 221 g/mol. The third-order valence-corrected chi connectivity index (χ3v) is 3.57. The maximum atomic E-state index is 11.3. The van der Waals surface area contributed by atoms with E-state index in [4.69, 9.17) is 4.74 Å². The fourth-order valence-electron chi connectivity index (χ4n) is 1.66. The fourth-order valence-corrected chi connectivity index (χ4v) is 2.51. The second-order valence-corrected chi connectivity index (χ2v) is 6.23. The Morgan fingerprint density at radius 3 is 2.64 bits per heavy atom. The smallest absolute Gasteiger partial charge is 0.211 e. The summed E-state index contributed by atoms with van der Waals surface area (Å²) in [6.07, 6.45) is 2.25. The van der Waals surface area contributed by atoms with E-state index in [1.165, 1.54) is 10.6 Å². The van der Waals surface area contributed by atoms with Gasteiger partial charge in [0.1, 0.15) is 0 Å². The van der Waals surface area contributed by atoms with Crippen molar-refractivity contribution in [3.8, 4) is 0 Å². The number of rotatable bonds is 3. The molecule has 4 nitrogen and oxygen atoms in total. The summed E-state index contributed by atoms with van der Waals surface area (Å²) in [5.74, 6) is 0.541. The minimum absolute atomic E-state index is 0.0680. The van der Waals surface area contributed by atoms with Crippen molar-refractivity contribution >= 4 is 10.0 Å². The zero-order chi connectivity index (χ0) is 10.8. The molecule has 0 aliphatic carbocycles. The van der Waals surface area contributed by atoms with E-state index in [2.05, 4.69) is 13.8 Å². The highest BCUT2D eigenvalue weighted by atomic mass is 32.2. The van der Waals surface area contributed by atoms with Crippen LogP contribution in [-0.4, -0.2) is 44.8 Å². The standard InChI is InChI=1S/C9H19NO3S/c1-8(2)6-9-7-10(4-5-13-9)14(3,11)12/h8-9H,4-7H2,1-3H3. The van der Waals surface area contributed by atoms with Crippen molar-refractivity contribution in [2.75, 3.05) is 26.0 Å². The van der Waals surface area contributed by atoms with Crippen LogP contribution in [0.3, 0.4) is 0 Å². The van der Waals surface area contributed by atoms with Crippen LogP contribution < -0.4 is 0 Å². The zero-order valence-electron chi connectivity index (χ0n) is 9.06. The van der Waals surface area contributed by atoms with Crippen LogP contribution in [0.5, 0.6) is 0 Å². The number of nitrogens with zero attached hydrogens (tertiary/aromatic N) is 1. The quantitative estimate of drug-likeness (QED) is 0.704. The average Bonchev–Trinajstić information content (AvgIpc) is 2.01. The number of morpholine rings is 1. The molecule has 0 spiro atoms. The molecule has 1 fully saturated rings. The number of sulfonamides is 1. The van der Waals surface area contributed by atoms with E-state index in [1.54, 1.807) is 0 Å². The van der Waals surface area contributed by atoms with Crippen molar-refractivity contribution in [2.24, 2.45) is 5.92 Å². The number of ether oxygens (including phenoxy) is 1. The summed E-state index contributed by atoms with van der Waals surface area (Å²) >= 11 is 0. The first-order chi connectivity index (χ1) is 6.39. The topological polar surface area (TPSA) is 46.6 Å². The average molecular weight is 221 g/mol. The van der Waals surface area contributed by atoms with Gasteiger partial charge < -0.3 is 4.74 Å². The summed E-state index contributed by atoms with van der Waals surface area (Å²) in [6.45, 7) is 5.75.